The molecule has 0 aliphatic carbocycles. The molecule has 0 saturated carbocycles. The van der Waals surface area contributed by atoms with E-state index < -0.39 is 0 Å². The molecule has 0 radical (unpaired) electrons. The maximum atomic E-state index is 13.6. The summed E-state index contributed by atoms with van der Waals surface area (Å²) in [7, 11) is 3.98. The summed E-state index contributed by atoms with van der Waals surface area (Å²) >= 11 is 1.55. The van der Waals surface area contributed by atoms with E-state index in [1.165, 1.54) is 5.56 Å². The van der Waals surface area contributed by atoms with Crippen LogP contribution in [0.3, 0.4) is 0 Å². The number of hydrogen-bond donors (Lipinski definition) is 0. The van der Waals surface area contributed by atoms with Crippen LogP contribution < -0.4 is 9.80 Å². The van der Waals surface area contributed by atoms with Gasteiger partial charge in [-0.25, -0.2) is 4.98 Å². The first-order valence-corrected chi connectivity index (χ1v) is 11.3. The predicted molar refractivity (Wildman–Crippen MR) is 127 cm³/mol. The highest BCUT2D eigenvalue weighted by Crippen LogP contribution is 2.34. The second-order valence-electron chi connectivity index (χ2n) is 8.46. The van der Waals surface area contributed by atoms with Crippen LogP contribution in [0.1, 0.15) is 17.5 Å². The van der Waals surface area contributed by atoms with Crippen LogP contribution in [0.4, 0.5) is 10.8 Å². The summed E-state index contributed by atoms with van der Waals surface area (Å²) < 4.78 is 1.11. The molecule has 3 aromatic rings. The second kappa shape index (κ2) is 8.77. The number of amides is 2. The number of carbonyl (C=O) groups is 2. The van der Waals surface area contributed by atoms with Crippen LogP contribution >= 0.6 is 11.3 Å². The van der Waals surface area contributed by atoms with Crippen molar-refractivity contribution >= 4 is 44.2 Å². The summed E-state index contributed by atoms with van der Waals surface area (Å²) in [4.78, 5) is 36.6. The van der Waals surface area contributed by atoms with Gasteiger partial charge in [-0.15, -0.1) is 0 Å². The average molecular weight is 437 g/mol. The number of fused-ring (bicyclic) bond motifs is 1. The van der Waals surface area contributed by atoms with Crippen LogP contribution in [0.5, 0.6) is 0 Å². The summed E-state index contributed by atoms with van der Waals surface area (Å²) in [5, 5.41) is 0.709. The van der Waals surface area contributed by atoms with E-state index in [1.807, 2.05) is 44.4 Å². The second-order valence-corrected chi connectivity index (χ2v) is 9.44. The summed E-state index contributed by atoms with van der Waals surface area (Å²) in [5.74, 6) is -0.403. The van der Waals surface area contributed by atoms with Gasteiger partial charge in [0.1, 0.15) is 0 Å². The predicted octanol–water partition coefficient (Wildman–Crippen LogP) is 3.86. The van der Waals surface area contributed by atoms with E-state index in [4.69, 9.17) is 4.98 Å². The molecule has 6 nitrogen and oxygen atoms in total. The molecule has 0 bridgehead atoms. The van der Waals surface area contributed by atoms with E-state index in [9.17, 15) is 9.59 Å². The van der Waals surface area contributed by atoms with Crippen LogP contribution in [0.25, 0.3) is 10.2 Å². The minimum Gasteiger partial charge on any atom is -0.312 e. The number of likely N-dealkylation sites (N-methyl/N-ethyl adjacent to an activating group) is 1. The Morgan fingerprint density at radius 2 is 1.90 bits per heavy atom. The lowest BCUT2D eigenvalue weighted by molar-refractivity contribution is -0.124. The van der Waals surface area contributed by atoms with Crippen LogP contribution in [-0.4, -0.2) is 55.4 Å². The molecule has 1 atom stereocenters. The number of anilines is 2. The van der Waals surface area contributed by atoms with Crippen molar-refractivity contribution in [3.63, 3.8) is 0 Å². The average Bonchev–Trinajstić information content (AvgIpc) is 3.32. The number of hydrogen-bond acceptors (Lipinski definition) is 5. The fourth-order valence-electron chi connectivity index (χ4n) is 4.03. The third kappa shape index (κ3) is 4.48. The molecule has 0 spiro atoms. The molecule has 4 rings (SSSR count). The van der Waals surface area contributed by atoms with Gasteiger partial charge in [0.15, 0.2) is 5.13 Å². The Morgan fingerprint density at radius 1 is 1.16 bits per heavy atom. The van der Waals surface area contributed by atoms with Crippen molar-refractivity contribution in [3.8, 4) is 0 Å². The number of carbonyl (C=O) groups excluding carboxylic acids is 2. The Morgan fingerprint density at radius 3 is 2.61 bits per heavy atom. The number of thiazole rings is 1. The Labute approximate surface area is 187 Å². The summed E-state index contributed by atoms with van der Waals surface area (Å²) in [6, 6.07) is 13.8. The number of aromatic nitrogens is 1. The SMILES string of the molecule is Cc1cc(C)c2sc(N(CCN(C)C)C(=O)C3CC(=O)N(c4ccccc4)C3)nc2c1. The van der Waals surface area contributed by atoms with Crippen LogP contribution in [-0.2, 0) is 9.59 Å². The van der Waals surface area contributed by atoms with Gasteiger partial charge in [-0.05, 0) is 57.3 Å². The van der Waals surface area contributed by atoms with Crippen LogP contribution in [0.2, 0.25) is 0 Å². The fraction of sp³-hybridized carbons (Fsp3) is 0.375. The number of para-hydroxylation sites is 1. The Kier molecular flexibility index (Phi) is 6.07. The van der Waals surface area contributed by atoms with E-state index in [0.29, 0.717) is 18.2 Å². The van der Waals surface area contributed by atoms with E-state index >= 15 is 0 Å². The Hall–Kier alpha value is -2.77. The molecule has 7 heteroatoms. The summed E-state index contributed by atoms with van der Waals surface area (Å²) in [6.45, 7) is 5.81. The van der Waals surface area contributed by atoms with E-state index in [-0.39, 0.29) is 24.2 Å². The normalized spacial score (nSPS) is 16.5. The van der Waals surface area contributed by atoms with E-state index in [2.05, 4.69) is 30.9 Å². The molecule has 162 valence electrons. The lowest BCUT2D eigenvalue weighted by Gasteiger charge is -2.24. The molecule has 1 aliphatic heterocycles. The van der Waals surface area contributed by atoms with Crippen molar-refractivity contribution in [1.29, 1.82) is 0 Å². The standard InChI is InChI=1S/C24H28N4O2S/c1-16-12-17(2)22-20(13-16)25-24(31-22)27(11-10-26(3)4)23(30)18-14-21(29)28(15-18)19-8-6-5-7-9-19/h5-9,12-13,18H,10-11,14-15H2,1-4H3. The molecule has 1 saturated heterocycles. The first-order valence-electron chi connectivity index (χ1n) is 10.5. The maximum Gasteiger partial charge on any atom is 0.234 e. The van der Waals surface area contributed by atoms with Crippen molar-refractivity contribution in [2.24, 2.45) is 5.92 Å². The van der Waals surface area contributed by atoms with Gasteiger partial charge >= 0.3 is 0 Å². The fourth-order valence-corrected chi connectivity index (χ4v) is 5.08. The number of benzene rings is 2. The molecule has 2 heterocycles. The third-order valence-corrected chi connectivity index (χ3v) is 6.85. The number of aryl methyl sites for hydroxylation is 2. The molecular weight excluding hydrogens is 408 g/mol. The minimum absolute atomic E-state index is 0.00659. The summed E-state index contributed by atoms with van der Waals surface area (Å²) in [6.07, 6.45) is 0.231. The minimum atomic E-state index is -0.371. The van der Waals surface area contributed by atoms with Crippen molar-refractivity contribution in [2.75, 3.05) is 43.5 Å². The molecule has 1 unspecified atom stereocenters. The van der Waals surface area contributed by atoms with Gasteiger partial charge in [-0.2, -0.15) is 0 Å². The number of rotatable bonds is 6. The Balaban J connectivity index is 1.63. The van der Waals surface area contributed by atoms with Crippen molar-refractivity contribution in [1.82, 2.24) is 9.88 Å². The highest BCUT2D eigenvalue weighted by Gasteiger charge is 2.38. The molecular formula is C24H28N4O2S. The van der Waals surface area contributed by atoms with Crippen molar-refractivity contribution in [2.45, 2.75) is 20.3 Å². The quantitative estimate of drug-likeness (QED) is 0.589. The Bertz CT molecular complexity index is 1110. The zero-order chi connectivity index (χ0) is 22.1. The first kappa shape index (κ1) is 21.5. The zero-order valence-corrected chi connectivity index (χ0v) is 19.3. The van der Waals surface area contributed by atoms with E-state index in [1.54, 1.807) is 21.1 Å². The van der Waals surface area contributed by atoms with Gasteiger partial charge in [-0.1, -0.05) is 35.6 Å². The third-order valence-electron chi connectivity index (χ3n) is 5.62. The van der Waals surface area contributed by atoms with Crippen molar-refractivity contribution < 1.29 is 9.59 Å². The molecule has 2 amide bonds. The van der Waals surface area contributed by atoms with Crippen LogP contribution in [0, 0.1) is 19.8 Å². The van der Waals surface area contributed by atoms with Gasteiger partial charge in [0.2, 0.25) is 11.8 Å². The van der Waals surface area contributed by atoms with Crippen LogP contribution in [0.15, 0.2) is 42.5 Å². The van der Waals surface area contributed by atoms with Gasteiger partial charge < -0.3 is 9.80 Å². The molecule has 1 fully saturated rings. The van der Waals surface area contributed by atoms with Crippen molar-refractivity contribution in [3.05, 3.63) is 53.6 Å². The highest BCUT2D eigenvalue weighted by molar-refractivity contribution is 7.22. The molecule has 1 aliphatic rings. The maximum absolute atomic E-state index is 13.6. The molecule has 0 N–H and O–H groups in total. The lowest BCUT2D eigenvalue weighted by atomic mass is 10.1. The number of nitrogens with zero attached hydrogens (tertiary/aromatic N) is 4. The van der Waals surface area contributed by atoms with Gasteiger partial charge in [0, 0.05) is 31.7 Å². The first-order chi connectivity index (χ1) is 14.8. The molecule has 31 heavy (non-hydrogen) atoms. The summed E-state index contributed by atoms with van der Waals surface area (Å²) in [5.41, 5.74) is 4.10. The van der Waals surface area contributed by atoms with Gasteiger partial charge in [0.05, 0.1) is 16.1 Å². The highest BCUT2D eigenvalue weighted by atomic mass is 32.1. The zero-order valence-electron chi connectivity index (χ0n) is 18.5. The largest absolute Gasteiger partial charge is 0.312 e. The topological polar surface area (TPSA) is 56.8 Å². The smallest absolute Gasteiger partial charge is 0.234 e. The molecule has 2 aromatic carbocycles. The van der Waals surface area contributed by atoms with Gasteiger partial charge in [0.25, 0.3) is 0 Å². The molecule has 1 aromatic heterocycles. The van der Waals surface area contributed by atoms with Gasteiger partial charge in [-0.3, -0.25) is 14.5 Å². The van der Waals surface area contributed by atoms with E-state index in [0.717, 1.165) is 28.0 Å². The lowest BCUT2D eigenvalue weighted by Crippen LogP contribution is -2.41. The monoisotopic (exact) mass is 436 g/mol.